The van der Waals surface area contributed by atoms with Crippen LogP contribution in [-0.4, -0.2) is 16.3 Å². The molecule has 0 radical (unpaired) electrons. The maximum absolute atomic E-state index is 5.76. The van der Waals surface area contributed by atoms with Crippen LogP contribution in [0.15, 0.2) is 0 Å². The van der Waals surface area contributed by atoms with Crippen LogP contribution in [0.5, 0.6) is 0 Å². The Balaban J connectivity index is 2.49. The highest BCUT2D eigenvalue weighted by Crippen LogP contribution is 2.39. The van der Waals surface area contributed by atoms with Crippen LogP contribution in [-0.2, 0) is 18.9 Å². The van der Waals surface area contributed by atoms with Crippen molar-refractivity contribution in [1.29, 1.82) is 0 Å². The van der Waals surface area contributed by atoms with Crippen molar-refractivity contribution in [3.05, 3.63) is 17.0 Å². The van der Waals surface area contributed by atoms with Gasteiger partial charge in [0.05, 0.1) is 5.69 Å². The third-order valence-electron chi connectivity index (χ3n) is 3.81. The van der Waals surface area contributed by atoms with Crippen LogP contribution in [0, 0.1) is 0 Å². The average Bonchev–Trinajstić information content (AvgIpc) is 2.58. The lowest BCUT2D eigenvalue weighted by Crippen LogP contribution is -2.20. The van der Waals surface area contributed by atoms with Gasteiger partial charge in [0.25, 0.3) is 0 Å². The van der Waals surface area contributed by atoms with Crippen LogP contribution in [0.4, 0.5) is 0 Å². The number of hydrogen-bond acceptors (Lipinski definition) is 2. The summed E-state index contributed by atoms with van der Waals surface area (Å²) in [4.78, 5) is 0. The summed E-state index contributed by atoms with van der Waals surface area (Å²) < 4.78 is 2.10. The molecule has 3 nitrogen and oxygen atoms in total. The van der Waals surface area contributed by atoms with E-state index in [0.717, 1.165) is 13.0 Å². The number of aryl methyl sites for hydroxylation is 1. The quantitative estimate of drug-likeness (QED) is 0.856. The Hall–Kier alpha value is -0.830. The predicted octanol–water partition coefficient (Wildman–Crippen LogP) is 2.49. The summed E-state index contributed by atoms with van der Waals surface area (Å²) in [6, 6.07) is 0. The fourth-order valence-electron chi connectivity index (χ4n) is 3.00. The standard InChI is InChI=1S/C14H25N3/c1-14(2,3)13-12-10(8-9-15)6-5-7-11(12)17(4)16-13/h10H,5-9,15H2,1-4H3. The Kier molecular flexibility index (Phi) is 3.30. The molecule has 17 heavy (non-hydrogen) atoms. The largest absolute Gasteiger partial charge is 0.330 e. The Morgan fingerprint density at radius 2 is 2.12 bits per heavy atom. The molecule has 3 heteroatoms. The van der Waals surface area contributed by atoms with Gasteiger partial charge in [0.1, 0.15) is 0 Å². The first-order valence-corrected chi connectivity index (χ1v) is 6.71. The smallest absolute Gasteiger partial charge is 0.0715 e. The van der Waals surface area contributed by atoms with Gasteiger partial charge in [0.2, 0.25) is 0 Å². The monoisotopic (exact) mass is 235 g/mol. The Labute approximate surface area is 104 Å². The lowest BCUT2D eigenvalue weighted by molar-refractivity contribution is 0.497. The third kappa shape index (κ3) is 2.25. The van der Waals surface area contributed by atoms with E-state index < -0.39 is 0 Å². The van der Waals surface area contributed by atoms with E-state index in [1.807, 2.05) is 0 Å². The summed E-state index contributed by atoms with van der Waals surface area (Å²) in [6.45, 7) is 7.54. The molecule has 1 aliphatic rings. The molecule has 1 aromatic rings. The van der Waals surface area contributed by atoms with Gasteiger partial charge in [-0.1, -0.05) is 20.8 Å². The molecule has 96 valence electrons. The Morgan fingerprint density at radius 3 is 2.71 bits per heavy atom. The van der Waals surface area contributed by atoms with Crippen molar-refractivity contribution in [3.8, 4) is 0 Å². The molecular weight excluding hydrogens is 210 g/mol. The van der Waals surface area contributed by atoms with Gasteiger partial charge < -0.3 is 5.73 Å². The lowest BCUT2D eigenvalue weighted by atomic mass is 9.78. The summed E-state index contributed by atoms with van der Waals surface area (Å²) >= 11 is 0. The van der Waals surface area contributed by atoms with Crippen LogP contribution >= 0.6 is 0 Å². The van der Waals surface area contributed by atoms with Crippen molar-refractivity contribution in [3.63, 3.8) is 0 Å². The zero-order valence-corrected chi connectivity index (χ0v) is 11.6. The van der Waals surface area contributed by atoms with Gasteiger partial charge in [0, 0.05) is 23.7 Å². The fourth-order valence-corrected chi connectivity index (χ4v) is 3.00. The number of nitrogens with two attached hydrogens (primary N) is 1. The second-order valence-corrected chi connectivity index (χ2v) is 6.25. The van der Waals surface area contributed by atoms with Crippen molar-refractivity contribution in [2.45, 2.75) is 57.8 Å². The lowest BCUT2D eigenvalue weighted by Gasteiger charge is -2.26. The van der Waals surface area contributed by atoms with Crippen LogP contribution in [0.2, 0.25) is 0 Å². The first-order valence-electron chi connectivity index (χ1n) is 6.71. The molecule has 1 heterocycles. The average molecular weight is 235 g/mol. The topological polar surface area (TPSA) is 43.8 Å². The van der Waals surface area contributed by atoms with Crippen molar-refractivity contribution >= 4 is 0 Å². The summed E-state index contributed by atoms with van der Waals surface area (Å²) in [7, 11) is 2.08. The fraction of sp³-hybridized carbons (Fsp3) is 0.786. The minimum Gasteiger partial charge on any atom is -0.330 e. The molecule has 1 aliphatic carbocycles. The minimum absolute atomic E-state index is 0.134. The highest BCUT2D eigenvalue weighted by molar-refractivity contribution is 5.36. The number of rotatable bonds is 2. The van der Waals surface area contributed by atoms with Crippen LogP contribution in [0.1, 0.15) is 62.9 Å². The molecule has 1 atom stereocenters. The van der Waals surface area contributed by atoms with Crippen molar-refractivity contribution < 1.29 is 0 Å². The van der Waals surface area contributed by atoms with E-state index in [1.165, 1.54) is 36.2 Å². The first kappa shape index (κ1) is 12.6. The normalized spacial score (nSPS) is 20.4. The highest BCUT2D eigenvalue weighted by atomic mass is 15.3. The molecular formula is C14H25N3. The van der Waals surface area contributed by atoms with Crippen LogP contribution in [0.25, 0.3) is 0 Å². The third-order valence-corrected chi connectivity index (χ3v) is 3.81. The molecule has 0 fully saturated rings. The van der Waals surface area contributed by atoms with Gasteiger partial charge in [-0.3, -0.25) is 4.68 Å². The van der Waals surface area contributed by atoms with Gasteiger partial charge >= 0.3 is 0 Å². The van der Waals surface area contributed by atoms with E-state index >= 15 is 0 Å². The Bertz CT molecular complexity index is 398. The van der Waals surface area contributed by atoms with Gasteiger partial charge in [-0.2, -0.15) is 5.10 Å². The molecule has 1 unspecified atom stereocenters. The second kappa shape index (κ2) is 4.45. The molecule has 2 N–H and O–H groups in total. The molecule has 1 aromatic heterocycles. The SMILES string of the molecule is Cn1nc(C(C)(C)C)c2c1CCCC2CCN. The molecule has 0 saturated carbocycles. The summed E-state index contributed by atoms with van der Waals surface area (Å²) in [6.07, 6.45) is 4.83. The second-order valence-electron chi connectivity index (χ2n) is 6.25. The first-order chi connectivity index (χ1) is 7.95. The zero-order valence-electron chi connectivity index (χ0n) is 11.6. The maximum atomic E-state index is 5.76. The molecule has 0 spiro atoms. The van der Waals surface area contributed by atoms with E-state index in [-0.39, 0.29) is 5.41 Å². The van der Waals surface area contributed by atoms with Gasteiger partial charge in [-0.15, -0.1) is 0 Å². The number of fused-ring (bicyclic) bond motifs is 1. The summed E-state index contributed by atoms with van der Waals surface area (Å²) in [5, 5.41) is 4.77. The van der Waals surface area contributed by atoms with Crippen LogP contribution in [0.3, 0.4) is 0 Å². The van der Waals surface area contributed by atoms with Crippen molar-refractivity contribution in [2.75, 3.05) is 6.54 Å². The van der Waals surface area contributed by atoms with Crippen molar-refractivity contribution in [2.24, 2.45) is 12.8 Å². The number of aromatic nitrogens is 2. The summed E-state index contributed by atoms with van der Waals surface area (Å²) in [5.74, 6) is 0.631. The van der Waals surface area contributed by atoms with Crippen molar-refractivity contribution in [1.82, 2.24) is 9.78 Å². The molecule has 0 aliphatic heterocycles. The molecule has 0 aromatic carbocycles. The molecule has 0 amide bonds. The number of hydrogen-bond donors (Lipinski definition) is 1. The highest BCUT2D eigenvalue weighted by Gasteiger charge is 2.31. The van der Waals surface area contributed by atoms with Gasteiger partial charge in [-0.25, -0.2) is 0 Å². The van der Waals surface area contributed by atoms with E-state index in [4.69, 9.17) is 10.8 Å². The van der Waals surface area contributed by atoms with E-state index in [0.29, 0.717) is 5.92 Å². The van der Waals surface area contributed by atoms with Crippen LogP contribution < -0.4 is 5.73 Å². The van der Waals surface area contributed by atoms with E-state index in [2.05, 4.69) is 32.5 Å². The van der Waals surface area contributed by atoms with E-state index in [1.54, 1.807) is 0 Å². The summed E-state index contributed by atoms with van der Waals surface area (Å²) in [5.41, 5.74) is 10.1. The van der Waals surface area contributed by atoms with E-state index in [9.17, 15) is 0 Å². The number of nitrogens with zero attached hydrogens (tertiary/aromatic N) is 2. The molecule has 2 rings (SSSR count). The zero-order chi connectivity index (χ0) is 12.6. The minimum atomic E-state index is 0.134. The maximum Gasteiger partial charge on any atom is 0.0715 e. The Morgan fingerprint density at radius 1 is 1.41 bits per heavy atom. The van der Waals surface area contributed by atoms with Gasteiger partial charge in [-0.05, 0) is 38.1 Å². The predicted molar refractivity (Wildman–Crippen MR) is 71.3 cm³/mol. The molecule has 0 saturated heterocycles. The molecule has 0 bridgehead atoms. The van der Waals surface area contributed by atoms with Gasteiger partial charge in [0.15, 0.2) is 0 Å².